The summed E-state index contributed by atoms with van der Waals surface area (Å²) in [7, 11) is 2.07. The van der Waals surface area contributed by atoms with Crippen molar-refractivity contribution in [2.75, 3.05) is 0 Å². The number of H-pyrrole nitrogens is 1. The van der Waals surface area contributed by atoms with E-state index in [1.165, 1.54) is 22.0 Å². The Balaban J connectivity index is 1.71. The van der Waals surface area contributed by atoms with Gasteiger partial charge in [0.05, 0.1) is 11.2 Å². The highest BCUT2D eigenvalue weighted by atomic mass is 15.1. The topological polar surface area (TPSA) is 33.6 Å². The van der Waals surface area contributed by atoms with Crippen LogP contribution in [0, 0.1) is 0 Å². The summed E-state index contributed by atoms with van der Waals surface area (Å²) in [6.45, 7) is 0. The third-order valence-electron chi connectivity index (χ3n) is 4.83. The maximum Gasteiger partial charge on any atom is 0.1000 e. The SMILES string of the molecule is Cn1ccc2ccc(-c3n[nH]c4ccc(-c5ccccc5)cc34)cc21. The minimum atomic E-state index is 0.996. The second kappa shape index (κ2) is 5.35. The third kappa shape index (κ3) is 2.24. The Morgan fingerprint density at radius 2 is 1.64 bits per heavy atom. The first-order valence-corrected chi connectivity index (χ1v) is 8.38. The van der Waals surface area contributed by atoms with Crippen LogP contribution in [0.5, 0.6) is 0 Å². The molecule has 0 radical (unpaired) electrons. The molecule has 0 unspecified atom stereocenters. The van der Waals surface area contributed by atoms with Gasteiger partial charge < -0.3 is 4.57 Å². The lowest BCUT2D eigenvalue weighted by Crippen LogP contribution is -1.85. The Hall–Kier alpha value is -3.33. The highest BCUT2D eigenvalue weighted by Crippen LogP contribution is 2.32. The molecule has 0 bridgehead atoms. The van der Waals surface area contributed by atoms with Gasteiger partial charge in [-0.1, -0.05) is 48.5 Å². The number of nitrogens with one attached hydrogen (secondary N) is 1. The van der Waals surface area contributed by atoms with Crippen molar-refractivity contribution in [3.05, 3.63) is 79.0 Å². The van der Waals surface area contributed by atoms with Crippen molar-refractivity contribution in [2.45, 2.75) is 0 Å². The average molecular weight is 323 g/mol. The summed E-state index contributed by atoms with van der Waals surface area (Å²) in [6, 6.07) is 25.6. The number of aromatic nitrogens is 3. The third-order valence-corrected chi connectivity index (χ3v) is 4.83. The zero-order chi connectivity index (χ0) is 16.8. The first kappa shape index (κ1) is 14.1. The van der Waals surface area contributed by atoms with Crippen molar-refractivity contribution < 1.29 is 0 Å². The second-order valence-corrected chi connectivity index (χ2v) is 6.40. The van der Waals surface area contributed by atoms with Crippen LogP contribution in [0.2, 0.25) is 0 Å². The molecular weight excluding hydrogens is 306 g/mol. The van der Waals surface area contributed by atoms with E-state index in [2.05, 4.69) is 94.7 Å². The molecule has 3 nitrogen and oxygen atoms in total. The Morgan fingerprint density at radius 1 is 0.800 bits per heavy atom. The summed E-state index contributed by atoms with van der Waals surface area (Å²) in [5.74, 6) is 0. The summed E-state index contributed by atoms with van der Waals surface area (Å²) >= 11 is 0. The minimum absolute atomic E-state index is 0.996. The van der Waals surface area contributed by atoms with Crippen LogP contribution in [0.25, 0.3) is 44.2 Å². The van der Waals surface area contributed by atoms with E-state index in [0.29, 0.717) is 0 Å². The molecule has 5 rings (SSSR count). The molecule has 2 heterocycles. The number of rotatable bonds is 2. The van der Waals surface area contributed by atoms with Crippen LogP contribution >= 0.6 is 0 Å². The van der Waals surface area contributed by atoms with Gasteiger partial charge in [0, 0.05) is 29.7 Å². The van der Waals surface area contributed by atoms with Crippen LogP contribution in [0.1, 0.15) is 0 Å². The summed E-state index contributed by atoms with van der Waals surface area (Å²) < 4.78 is 2.14. The van der Waals surface area contributed by atoms with Gasteiger partial charge in [0.1, 0.15) is 0 Å². The van der Waals surface area contributed by atoms with Gasteiger partial charge in [-0.2, -0.15) is 5.10 Å². The van der Waals surface area contributed by atoms with Gasteiger partial charge in [-0.05, 0) is 40.8 Å². The monoisotopic (exact) mass is 323 g/mol. The van der Waals surface area contributed by atoms with Gasteiger partial charge in [-0.3, -0.25) is 5.10 Å². The first-order valence-electron chi connectivity index (χ1n) is 8.38. The van der Waals surface area contributed by atoms with Gasteiger partial charge >= 0.3 is 0 Å². The van der Waals surface area contributed by atoms with Gasteiger partial charge in [-0.15, -0.1) is 0 Å². The summed E-state index contributed by atoms with van der Waals surface area (Å²) in [6.07, 6.45) is 2.09. The molecule has 25 heavy (non-hydrogen) atoms. The zero-order valence-electron chi connectivity index (χ0n) is 13.9. The molecule has 0 aliphatic carbocycles. The second-order valence-electron chi connectivity index (χ2n) is 6.40. The fourth-order valence-electron chi connectivity index (χ4n) is 3.45. The van der Waals surface area contributed by atoms with E-state index in [1.807, 2.05) is 6.07 Å². The molecule has 0 saturated carbocycles. The Morgan fingerprint density at radius 3 is 2.52 bits per heavy atom. The van der Waals surface area contributed by atoms with E-state index in [4.69, 9.17) is 0 Å². The Bertz CT molecular complexity index is 1200. The van der Waals surface area contributed by atoms with Crippen molar-refractivity contribution >= 4 is 21.8 Å². The van der Waals surface area contributed by atoms with E-state index in [-0.39, 0.29) is 0 Å². The predicted molar refractivity (Wildman–Crippen MR) is 103 cm³/mol. The van der Waals surface area contributed by atoms with Gasteiger partial charge in [0.25, 0.3) is 0 Å². The summed E-state index contributed by atoms with van der Waals surface area (Å²) in [4.78, 5) is 0. The maximum atomic E-state index is 4.59. The predicted octanol–water partition coefficient (Wildman–Crippen LogP) is 5.39. The lowest BCUT2D eigenvalue weighted by atomic mass is 10.0. The van der Waals surface area contributed by atoms with Crippen LogP contribution in [0.3, 0.4) is 0 Å². The fourth-order valence-corrected chi connectivity index (χ4v) is 3.45. The van der Waals surface area contributed by atoms with Crippen LogP contribution in [-0.2, 0) is 7.05 Å². The molecule has 0 spiro atoms. The fraction of sp³-hybridized carbons (Fsp3) is 0.0455. The van der Waals surface area contributed by atoms with Gasteiger partial charge in [0.2, 0.25) is 0 Å². The molecule has 3 aromatic carbocycles. The van der Waals surface area contributed by atoms with Crippen molar-refractivity contribution in [1.29, 1.82) is 0 Å². The molecule has 3 heteroatoms. The van der Waals surface area contributed by atoms with Gasteiger partial charge in [0.15, 0.2) is 0 Å². The minimum Gasteiger partial charge on any atom is -0.351 e. The molecule has 0 aliphatic heterocycles. The quantitative estimate of drug-likeness (QED) is 0.464. The van der Waals surface area contributed by atoms with E-state index >= 15 is 0 Å². The highest BCUT2D eigenvalue weighted by Gasteiger charge is 2.11. The lowest BCUT2D eigenvalue weighted by molar-refractivity contribution is 0.969. The van der Waals surface area contributed by atoms with Crippen molar-refractivity contribution in [3.63, 3.8) is 0 Å². The molecule has 2 aromatic heterocycles. The Labute approximate surface area is 145 Å². The molecule has 0 saturated heterocycles. The smallest absolute Gasteiger partial charge is 0.1000 e. The molecular formula is C22H17N3. The average Bonchev–Trinajstić information content (AvgIpc) is 3.25. The number of benzene rings is 3. The number of hydrogen-bond acceptors (Lipinski definition) is 1. The van der Waals surface area contributed by atoms with Crippen molar-refractivity contribution in [3.8, 4) is 22.4 Å². The van der Waals surface area contributed by atoms with E-state index in [0.717, 1.165) is 22.2 Å². The molecule has 0 amide bonds. The van der Waals surface area contributed by atoms with E-state index in [9.17, 15) is 0 Å². The standard InChI is InChI=1S/C22H17N3/c1-25-12-11-16-7-8-18(14-21(16)25)22-19-13-17(9-10-20(19)23-24-22)15-5-3-2-4-6-15/h2-14H,1H3,(H,23,24). The highest BCUT2D eigenvalue weighted by molar-refractivity contribution is 5.97. The molecule has 1 N–H and O–H groups in total. The number of aromatic amines is 1. The van der Waals surface area contributed by atoms with Crippen LogP contribution in [-0.4, -0.2) is 14.8 Å². The lowest BCUT2D eigenvalue weighted by Gasteiger charge is -2.04. The zero-order valence-corrected chi connectivity index (χ0v) is 13.9. The number of aryl methyl sites for hydroxylation is 1. The summed E-state index contributed by atoms with van der Waals surface area (Å²) in [5.41, 5.74) is 6.82. The van der Waals surface area contributed by atoms with Crippen LogP contribution in [0.4, 0.5) is 0 Å². The molecule has 0 fully saturated rings. The number of fused-ring (bicyclic) bond motifs is 2. The largest absolute Gasteiger partial charge is 0.351 e. The van der Waals surface area contributed by atoms with E-state index < -0.39 is 0 Å². The van der Waals surface area contributed by atoms with Gasteiger partial charge in [-0.25, -0.2) is 0 Å². The maximum absolute atomic E-state index is 4.59. The summed E-state index contributed by atoms with van der Waals surface area (Å²) in [5, 5.41) is 10.1. The van der Waals surface area contributed by atoms with Crippen molar-refractivity contribution in [2.24, 2.45) is 7.05 Å². The molecule has 0 atom stereocenters. The molecule has 0 aliphatic rings. The normalized spacial score (nSPS) is 11.4. The van der Waals surface area contributed by atoms with E-state index in [1.54, 1.807) is 0 Å². The molecule has 120 valence electrons. The van der Waals surface area contributed by atoms with Crippen LogP contribution < -0.4 is 0 Å². The number of nitrogens with zero attached hydrogens (tertiary/aromatic N) is 2. The first-order chi connectivity index (χ1) is 12.3. The number of hydrogen-bond donors (Lipinski definition) is 1. The Kier molecular flexibility index (Phi) is 3.01. The van der Waals surface area contributed by atoms with Crippen molar-refractivity contribution in [1.82, 2.24) is 14.8 Å². The molecule has 5 aromatic rings. The van der Waals surface area contributed by atoms with Crippen LogP contribution in [0.15, 0.2) is 79.0 Å².